The lowest BCUT2D eigenvalue weighted by Gasteiger charge is -2.32. The molecule has 0 saturated carbocycles. The molecule has 0 unspecified atom stereocenters. The van der Waals surface area contributed by atoms with Gasteiger partial charge in [0, 0.05) is 0 Å². The number of aliphatic hydroxyl groups is 1. The molecule has 6 heteroatoms. The maximum atomic E-state index is 13.8. The Kier molecular flexibility index (Phi) is 5.01. The Morgan fingerprint density at radius 1 is 1.42 bits per heavy atom. The van der Waals surface area contributed by atoms with Crippen LogP contribution in [0.3, 0.4) is 0 Å². The van der Waals surface area contributed by atoms with E-state index in [2.05, 4.69) is 0 Å². The monoisotopic (exact) mass is 289 g/mol. The van der Waals surface area contributed by atoms with Crippen molar-refractivity contribution in [3.63, 3.8) is 0 Å². The van der Waals surface area contributed by atoms with Gasteiger partial charge in [-0.3, -0.25) is 0 Å². The van der Waals surface area contributed by atoms with E-state index >= 15 is 0 Å². The van der Waals surface area contributed by atoms with E-state index in [-0.39, 0.29) is 17.3 Å². The smallest absolute Gasteiger partial charge is 0.147 e. The molecule has 5 N–H and O–H groups in total. The molecule has 0 aliphatic rings. The van der Waals surface area contributed by atoms with Crippen molar-refractivity contribution in [2.24, 2.45) is 5.84 Å². The zero-order chi connectivity index (χ0) is 14.8. The summed E-state index contributed by atoms with van der Waals surface area (Å²) in [7, 11) is 0. The topological polar surface area (TPSA) is 75.5 Å². The number of nitrogen functional groups attached to an aromatic ring is 1. The van der Waals surface area contributed by atoms with E-state index in [1.54, 1.807) is 6.92 Å². The van der Waals surface area contributed by atoms with Gasteiger partial charge in [0.15, 0.2) is 0 Å². The molecule has 1 rings (SSSR count). The lowest BCUT2D eigenvalue weighted by atomic mass is 9.97. The van der Waals surface area contributed by atoms with E-state index in [0.29, 0.717) is 24.1 Å². The summed E-state index contributed by atoms with van der Waals surface area (Å²) < 4.78 is 13.8. The number of halogens is 2. The largest absolute Gasteiger partial charge is 0.397 e. The molecular formula is C13H21ClFN3O. The van der Waals surface area contributed by atoms with Crippen LogP contribution in [-0.4, -0.2) is 17.3 Å². The van der Waals surface area contributed by atoms with Crippen LogP contribution in [0.25, 0.3) is 0 Å². The number of rotatable bonds is 5. The molecule has 0 radical (unpaired) electrons. The average Bonchev–Trinajstić information content (AvgIpc) is 2.35. The molecule has 0 heterocycles. The van der Waals surface area contributed by atoms with Crippen molar-refractivity contribution in [2.45, 2.75) is 39.2 Å². The molecule has 108 valence electrons. The first-order chi connectivity index (χ1) is 8.75. The first-order valence-corrected chi connectivity index (χ1v) is 6.62. The summed E-state index contributed by atoms with van der Waals surface area (Å²) >= 11 is 5.96. The Balaban J connectivity index is 3.14. The van der Waals surface area contributed by atoms with Gasteiger partial charge in [0.05, 0.1) is 23.5 Å². The number of hydrazine groups is 1. The number of anilines is 2. The fourth-order valence-corrected chi connectivity index (χ4v) is 2.30. The molecule has 0 aromatic heterocycles. The molecule has 1 aromatic rings. The highest BCUT2D eigenvalue weighted by Crippen LogP contribution is 2.35. The molecule has 0 aliphatic heterocycles. The van der Waals surface area contributed by atoms with Crippen molar-refractivity contribution in [1.82, 2.24) is 0 Å². The predicted molar refractivity (Wildman–Crippen MR) is 77.6 cm³/mol. The fraction of sp³-hybridized carbons (Fsp3) is 0.538. The van der Waals surface area contributed by atoms with Gasteiger partial charge in [0.2, 0.25) is 0 Å². The van der Waals surface area contributed by atoms with Crippen molar-refractivity contribution in [1.29, 1.82) is 0 Å². The zero-order valence-electron chi connectivity index (χ0n) is 11.5. The number of benzene rings is 1. The SMILES string of the molecule is CCC(O)(CC)CN(N)c1c(N)cc(C)c(F)c1Cl. The second-order valence-corrected chi connectivity index (χ2v) is 5.20. The molecule has 0 aliphatic carbocycles. The minimum Gasteiger partial charge on any atom is -0.397 e. The van der Waals surface area contributed by atoms with Crippen molar-refractivity contribution in [2.75, 3.05) is 17.3 Å². The van der Waals surface area contributed by atoms with Gasteiger partial charge in [0.1, 0.15) is 10.8 Å². The van der Waals surface area contributed by atoms with E-state index < -0.39 is 11.4 Å². The van der Waals surface area contributed by atoms with Crippen molar-refractivity contribution >= 4 is 23.0 Å². The number of nitrogens with two attached hydrogens (primary N) is 2. The van der Waals surface area contributed by atoms with Crippen LogP contribution in [0.4, 0.5) is 15.8 Å². The Morgan fingerprint density at radius 2 is 1.95 bits per heavy atom. The number of hydrogen-bond acceptors (Lipinski definition) is 4. The van der Waals surface area contributed by atoms with Gasteiger partial charge >= 0.3 is 0 Å². The van der Waals surface area contributed by atoms with Gasteiger partial charge in [-0.1, -0.05) is 25.4 Å². The van der Waals surface area contributed by atoms with Gasteiger partial charge in [-0.25, -0.2) is 10.2 Å². The van der Waals surface area contributed by atoms with Crippen LogP contribution in [-0.2, 0) is 0 Å². The second-order valence-electron chi connectivity index (χ2n) is 4.82. The van der Waals surface area contributed by atoms with Crippen LogP contribution in [0.2, 0.25) is 5.02 Å². The molecule has 19 heavy (non-hydrogen) atoms. The van der Waals surface area contributed by atoms with Crippen molar-refractivity contribution < 1.29 is 9.50 Å². The quantitative estimate of drug-likeness (QED) is 0.442. The molecule has 0 amide bonds. The number of aryl methyl sites for hydroxylation is 1. The summed E-state index contributed by atoms with van der Waals surface area (Å²) in [6.45, 7) is 5.43. The lowest BCUT2D eigenvalue weighted by Crippen LogP contribution is -2.46. The second kappa shape index (κ2) is 5.94. The number of nitrogens with zero attached hydrogens (tertiary/aromatic N) is 1. The van der Waals surface area contributed by atoms with Crippen LogP contribution in [0.5, 0.6) is 0 Å². The van der Waals surface area contributed by atoms with E-state index in [9.17, 15) is 9.50 Å². The number of hydrogen-bond donors (Lipinski definition) is 3. The van der Waals surface area contributed by atoms with Crippen LogP contribution in [0.1, 0.15) is 32.3 Å². The molecule has 0 saturated heterocycles. The van der Waals surface area contributed by atoms with Gasteiger partial charge in [-0.2, -0.15) is 0 Å². The third-order valence-electron chi connectivity index (χ3n) is 3.46. The van der Waals surface area contributed by atoms with E-state index in [0.717, 1.165) is 0 Å². The molecule has 0 atom stereocenters. The zero-order valence-corrected chi connectivity index (χ0v) is 12.3. The van der Waals surface area contributed by atoms with Crippen LogP contribution in [0.15, 0.2) is 6.07 Å². The summed E-state index contributed by atoms with van der Waals surface area (Å²) in [6.07, 6.45) is 1.06. The highest BCUT2D eigenvalue weighted by atomic mass is 35.5. The van der Waals surface area contributed by atoms with Gasteiger partial charge in [0.25, 0.3) is 0 Å². The third-order valence-corrected chi connectivity index (χ3v) is 3.81. The van der Waals surface area contributed by atoms with E-state index in [1.807, 2.05) is 13.8 Å². The first kappa shape index (κ1) is 16.0. The highest BCUT2D eigenvalue weighted by molar-refractivity contribution is 6.34. The maximum Gasteiger partial charge on any atom is 0.147 e. The normalized spacial score (nSPS) is 11.7. The van der Waals surface area contributed by atoms with Gasteiger partial charge in [-0.15, -0.1) is 0 Å². The minimum atomic E-state index is -0.952. The molecule has 0 bridgehead atoms. The molecule has 1 aromatic carbocycles. The van der Waals surface area contributed by atoms with E-state index in [1.165, 1.54) is 11.1 Å². The van der Waals surface area contributed by atoms with Crippen LogP contribution < -0.4 is 16.6 Å². The third kappa shape index (κ3) is 3.29. The summed E-state index contributed by atoms with van der Waals surface area (Å²) in [5, 5.41) is 11.4. The Labute approximate surface area is 118 Å². The Hall–Kier alpha value is -1.04. The maximum absolute atomic E-state index is 13.8. The first-order valence-electron chi connectivity index (χ1n) is 6.24. The summed E-state index contributed by atoms with van der Waals surface area (Å²) in [4.78, 5) is 0. The lowest BCUT2D eigenvalue weighted by molar-refractivity contribution is 0.0393. The van der Waals surface area contributed by atoms with Gasteiger partial charge in [-0.05, 0) is 31.4 Å². The Bertz CT molecular complexity index is 464. The molecule has 0 fully saturated rings. The average molecular weight is 290 g/mol. The van der Waals surface area contributed by atoms with Crippen molar-refractivity contribution in [3.8, 4) is 0 Å². The van der Waals surface area contributed by atoms with Crippen LogP contribution in [0, 0.1) is 12.7 Å². The van der Waals surface area contributed by atoms with E-state index in [4.69, 9.17) is 23.2 Å². The molecule has 0 spiro atoms. The van der Waals surface area contributed by atoms with Crippen molar-refractivity contribution in [3.05, 3.63) is 22.5 Å². The highest BCUT2D eigenvalue weighted by Gasteiger charge is 2.27. The summed E-state index contributed by atoms with van der Waals surface area (Å²) in [5.74, 6) is 5.35. The fourth-order valence-electron chi connectivity index (χ4n) is 1.93. The van der Waals surface area contributed by atoms with Crippen LogP contribution >= 0.6 is 11.6 Å². The molecular weight excluding hydrogens is 269 g/mol. The predicted octanol–water partition coefficient (Wildman–Crippen LogP) is 2.60. The summed E-state index contributed by atoms with van der Waals surface area (Å²) in [6, 6.07) is 1.48. The summed E-state index contributed by atoms with van der Waals surface area (Å²) in [5.41, 5.74) is 5.75. The standard InChI is InChI=1S/C13H21ClFN3O/c1-4-13(19,5-2)7-18(17)12-9(16)6-8(3)11(15)10(12)14/h6,19H,4-5,7,16-17H2,1-3H3. The minimum absolute atomic E-state index is 0.116. The Morgan fingerprint density at radius 3 is 2.42 bits per heavy atom. The molecule has 4 nitrogen and oxygen atoms in total. The van der Waals surface area contributed by atoms with Gasteiger partial charge < -0.3 is 15.8 Å².